The fraction of sp³-hybridized carbons (Fsp3) is 0.133. The number of carbonyl (C=O) groups excluding carboxylic acids is 1. The van der Waals surface area contributed by atoms with Crippen LogP contribution in [0.3, 0.4) is 0 Å². The number of allylic oxidation sites excluding steroid dienone is 2. The highest BCUT2D eigenvalue weighted by Crippen LogP contribution is 2.29. The van der Waals surface area contributed by atoms with Crippen molar-refractivity contribution in [3.05, 3.63) is 66.9 Å². The number of aldehydes is 1. The first-order valence-electron chi connectivity index (χ1n) is 5.54. The van der Waals surface area contributed by atoms with Gasteiger partial charge in [-0.2, -0.15) is 0 Å². The summed E-state index contributed by atoms with van der Waals surface area (Å²) in [6.45, 7) is 5.76. The van der Waals surface area contributed by atoms with Gasteiger partial charge in [-0.15, -0.1) is 0 Å². The summed E-state index contributed by atoms with van der Waals surface area (Å²) in [5.74, 6) is 0. The van der Waals surface area contributed by atoms with E-state index in [0.717, 1.165) is 17.5 Å². The summed E-state index contributed by atoms with van der Waals surface area (Å²) < 4.78 is 0. The molecule has 1 heterocycles. The van der Waals surface area contributed by atoms with E-state index in [-0.39, 0.29) is 0 Å². The normalized spacial score (nSPS) is 23.1. The van der Waals surface area contributed by atoms with Crippen molar-refractivity contribution in [1.29, 1.82) is 0 Å². The van der Waals surface area contributed by atoms with Gasteiger partial charge in [-0.3, -0.25) is 4.79 Å². The van der Waals surface area contributed by atoms with Crippen LogP contribution in [0.4, 0.5) is 5.69 Å². The van der Waals surface area contributed by atoms with Crippen molar-refractivity contribution < 1.29 is 4.79 Å². The molecule has 86 valence electrons. The molecule has 0 aromatic heterocycles. The Hall–Kier alpha value is -2.09. The molecule has 1 unspecified atom stereocenters. The van der Waals surface area contributed by atoms with Crippen LogP contribution in [0.2, 0.25) is 0 Å². The Balaban J connectivity index is 2.50. The van der Waals surface area contributed by atoms with E-state index in [2.05, 4.69) is 6.58 Å². The van der Waals surface area contributed by atoms with Crippen LogP contribution in [0, 0.1) is 0 Å². The molecule has 0 bridgehead atoms. The zero-order chi connectivity index (χ0) is 12.3. The lowest BCUT2D eigenvalue weighted by atomic mass is 9.93. The Bertz CT molecular complexity index is 477. The summed E-state index contributed by atoms with van der Waals surface area (Å²) in [5.41, 5.74) is 1.25. The quantitative estimate of drug-likeness (QED) is 0.582. The van der Waals surface area contributed by atoms with Crippen LogP contribution in [-0.2, 0) is 4.79 Å². The van der Waals surface area contributed by atoms with Gasteiger partial charge in [0.05, 0.1) is 0 Å². The van der Waals surface area contributed by atoms with Crippen molar-refractivity contribution >= 4 is 12.0 Å². The first-order chi connectivity index (χ1) is 8.22. The lowest BCUT2D eigenvalue weighted by molar-refractivity contribution is -0.109. The maximum Gasteiger partial charge on any atom is 0.153 e. The van der Waals surface area contributed by atoms with Gasteiger partial charge in [-0.1, -0.05) is 36.4 Å². The molecule has 2 heteroatoms. The second-order valence-electron chi connectivity index (χ2n) is 4.12. The van der Waals surface area contributed by atoms with Crippen LogP contribution < -0.4 is 4.90 Å². The van der Waals surface area contributed by atoms with E-state index in [9.17, 15) is 4.79 Å². The van der Waals surface area contributed by atoms with Gasteiger partial charge in [0.15, 0.2) is 6.29 Å². The standard InChI is InChI=1S/C15H15NO/c1-3-15(12-17)11-13(2)9-10-16(15)14-7-5-4-6-8-14/h3-12H,1H2,2H3. The number of anilines is 1. The maximum absolute atomic E-state index is 11.5. The highest BCUT2D eigenvalue weighted by atomic mass is 16.1. The van der Waals surface area contributed by atoms with E-state index in [1.165, 1.54) is 0 Å². The Morgan fingerprint density at radius 2 is 2.00 bits per heavy atom. The first kappa shape index (κ1) is 11.4. The van der Waals surface area contributed by atoms with E-state index in [1.54, 1.807) is 6.08 Å². The third-order valence-corrected chi connectivity index (χ3v) is 2.91. The molecule has 1 aromatic rings. The highest BCUT2D eigenvalue weighted by Gasteiger charge is 2.32. The number of nitrogens with zero attached hydrogens (tertiary/aromatic N) is 1. The van der Waals surface area contributed by atoms with Crippen molar-refractivity contribution in [2.45, 2.75) is 12.5 Å². The summed E-state index contributed by atoms with van der Waals surface area (Å²) >= 11 is 0. The summed E-state index contributed by atoms with van der Waals surface area (Å²) in [5, 5.41) is 0. The number of carbonyl (C=O) groups is 1. The molecule has 2 nitrogen and oxygen atoms in total. The van der Waals surface area contributed by atoms with Gasteiger partial charge in [-0.05, 0) is 31.2 Å². The Morgan fingerprint density at radius 1 is 1.29 bits per heavy atom. The van der Waals surface area contributed by atoms with E-state index < -0.39 is 5.54 Å². The summed E-state index contributed by atoms with van der Waals surface area (Å²) in [6.07, 6.45) is 8.40. The SMILES string of the molecule is C=CC1(C=O)C=C(C)C=CN1c1ccccc1. The predicted molar refractivity (Wildman–Crippen MR) is 70.8 cm³/mol. The van der Waals surface area contributed by atoms with E-state index in [1.807, 2.05) is 60.5 Å². The van der Waals surface area contributed by atoms with Crippen molar-refractivity contribution in [2.75, 3.05) is 4.90 Å². The molecule has 1 aromatic carbocycles. The van der Waals surface area contributed by atoms with Crippen molar-refractivity contribution in [3.63, 3.8) is 0 Å². The molecule has 0 radical (unpaired) electrons. The van der Waals surface area contributed by atoms with Crippen LogP contribution in [0.25, 0.3) is 0 Å². The van der Waals surface area contributed by atoms with E-state index in [4.69, 9.17) is 0 Å². The average Bonchev–Trinajstić information content (AvgIpc) is 2.39. The minimum atomic E-state index is -0.778. The second-order valence-corrected chi connectivity index (χ2v) is 4.12. The predicted octanol–water partition coefficient (Wildman–Crippen LogP) is 3.09. The Labute approximate surface area is 102 Å². The number of hydrogen-bond acceptors (Lipinski definition) is 2. The molecule has 0 saturated carbocycles. The molecule has 1 atom stereocenters. The maximum atomic E-state index is 11.5. The van der Waals surface area contributed by atoms with Crippen LogP contribution in [0.1, 0.15) is 6.92 Å². The molecule has 0 aliphatic carbocycles. The summed E-state index contributed by atoms with van der Waals surface area (Å²) in [6, 6.07) is 9.80. The minimum Gasteiger partial charge on any atom is -0.328 e. The number of rotatable bonds is 3. The molecule has 0 spiro atoms. The minimum absolute atomic E-state index is 0.778. The zero-order valence-electron chi connectivity index (χ0n) is 9.84. The van der Waals surface area contributed by atoms with Crippen LogP contribution in [0.15, 0.2) is 66.9 Å². The summed E-state index contributed by atoms with van der Waals surface area (Å²) in [7, 11) is 0. The molecule has 1 aliphatic heterocycles. The number of para-hydroxylation sites is 1. The van der Waals surface area contributed by atoms with Gasteiger partial charge in [0.1, 0.15) is 5.54 Å². The Morgan fingerprint density at radius 3 is 2.59 bits per heavy atom. The molecule has 17 heavy (non-hydrogen) atoms. The van der Waals surface area contributed by atoms with Gasteiger partial charge >= 0.3 is 0 Å². The smallest absolute Gasteiger partial charge is 0.153 e. The van der Waals surface area contributed by atoms with Crippen LogP contribution >= 0.6 is 0 Å². The van der Waals surface area contributed by atoms with Crippen LogP contribution in [-0.4, -0.2) is 11.8 Å². The lowest BCUT2D eigenvalue weighted by Gasteiger charge is -2.37. The molecule has 0 amide bonds. The van der Waals surface area contributed by atoms with Gasteiger partial charge in [0.25, 0.3) is 0 Å². The van der Waals surface area contributed by atoms with Crippen molar-refractivity contribution in [1.82, 2.24) is 0 Å². The molecule has 1 aliphatic rings. The third kappa shape index (κ3) is 1.94. The molecular weight excluding hydrogens is 210 g/mol. The van der Waals surface area contributed by atoms with Crippen LogP contribution in [0.5, 0.6) is 0 Å². The molecule has 2 rings (SSSR count). The molecular formula is C15H15NO. The topological polar surface area (TPSA) is 20.3 Å². The second kappa shape index (κ2) is 4.42. The van der Waals surface area contributed by atoms with Gasteiger partial charge in [0, 0.05) is 11.9 Å². The fourth-order valence-corrected chi connectivity index (χ4v) is 2.00. The summed E-state index contributed by atoms with van der Waals surface area (Å²) in [4.78, 5) is 13.4. The molecule has 0 N–H and O–H groups in total. The zero-order valence-corrected chi connectivity index (χ0v) is 9.84. The first-order valence-corrected chi connectivity index (χ1v) is 5.54. The van der Waals surface area contributed by atoms with Gasteiger partial charge < -0.3 is 4.90 Å². The monoisotopic (exact) mass is 225 g/mol. The molecule has 0 saturated heterocycles. The third-order valence-electron chi connectivity index (χ3n) is 2.91. The number of benzene rings is 1. The van der Waals surface area contributed by atoms with Crippen molar-refractivity contribution in [2.24, 2.45) is 0 Å². The van der Waals surface area contributed by atoms with Gasteiger partial charge in [0.2, 0.25) is 0 Å². The van der Waals surface area contributed by atoms with E-state index in [0.29, 0.717) is 0 Å². The highest BCUT2D eigenvalue weighted by molar-refractivity contribution is 5.81. The Kier molecular flexibility index (Phi) is 2.96. The largest absolute Gasteiger partial charge is 0.328 e. The lowest BCUT2D eigenvalue weighted by Crippen LogP contribution is -2.45. The number of hydrogen-bond donors (Lipinski definition) is 0. The van der Waals surface area contributed by atoms with Gasteiger partial charge in [-0.25, -0.2) is 0 Å². The molecule has 0 fully saturated rings. The van der Waals surface area contributed by atoms with E-state index >= 15 is 0 Å². The average molecular weight is 225 g/mol. The fourth-order valence-electron chi connectivity index (χ4n) is 2.00. The van der Waals surface area contributed by atoms with Crippen molar-refractivity contribution in [3.8, 4) is 0 Å².